The Hall–Kier alpha value is -1.00. The molecule has 0 bridgehead atoms. The van der Waals surface area contributed by atoms with E-state index >= 15 is 0 Å². The van der Waals surface area contributed by atoms with Crippen LogP contribution in [0.4, 0.5) is 8.78 Å². The summed E-state index contributed by atoms with van der Waals surface area (Å²) in [6.07, 6.45) is 3.31. The Labute approximate surface area is 106 Å². The van der Waals surface area contributed by atoms with Gasteiger partial charge in [0.15, 0.2) is 0 Å². The predicted octanol–water partition coefficient (Wildman–Crippen LogP) is 3.18. The van der Waals surface area contributed by atoms with Crippen molar-refractivity contribution >= 4 is 0 Å². The van der Waals surface area contributed by atoms with Gasteiger partial charge in [-0.3, -0.25) is 0 Å². The first kappa shape index (κ1) is 13.4. The highest BCUT2D eigenvalue weighted by Crippen LogP contribution is 2.25. The van der Waals surface area contributed by atoms with Gasteiger partial charge in [0.05, 0.1) is 6.10 Å². The van der Waals surface area contributed by atoms with Crippen LogP contribution >= 0.6 is 0 Å². The van der Waals surface area contributed by atoms with Crippen LogP contribution in [-0.2, 0) is 4.74 Å². The van der Waals surface area contributed by atoms with E-state index in [0.29, 0.717) is 5.56 Å². The second-order valence-corrected chi connectivity index (χ2v) is 4.87. The molecular formula is C14H19F2NO. The topological polar surface area (TPSA) is 21.3 Å². The van der Waals surface area contributed by atoms with Crippen molar-refractivity contribution in [3.63, 3.8) is 0 Å². The summed E-state index contributed by atoms with van der Waals surface area (Å²) in [6.45, 7) is 1.85. The number of ether oxygens (including phenoxy) is 1. The number of benzene rings is 1. The lowest BCUT2D eigenvalue weighted by atomic mass is 10.1. The number of methoxy groups -OCH3 is 1. The van der Waals surface area contributed by atoms with Gasteiger partial charge in [-0.2, -0.15) is 0 Å². The molecule has 0 saturated heterocycles. The molecule has 0 aliphatic heterocycles. The maximum Gasteiger partial charge on any atom is 0.128 e. The van der Waals surface area contributed by atoms with Crippen LogP contribution in [-0.4, -0.2) is 19.3 Å². The Morgan fingerprint density at radius 3 is 2.83 bits per heavy atom. The predicted molar refractivity (Wildman–Crippen MR) is 66.3 cm³/mol. The van der Waals surface area contributed by atoms with E-state index in [1.54, 1.807) is 7.11 Å². The molecule has 100 valence electrons. The summed E-state index contributed by atoms with van der Waals surface area (Å²) in [5.41, 5.74) is 0.372. The Kier molecular flexibility index (Phi) is 4.30. The van der Waals surface area contributed by atoms with E-state index in [2.05, 4.69) is 5.32 Å². The summed E-state index contributed by atoms with van der Waals surface area (Å²) in [6, 6.07) is 3.56. The third kappa shape index (κ3) is 2.87. The molecule has 0 aromatic heterocycles. The number of hydrogen-bond donors (Lipinski definition) is 1. The average molecular weight is 255 g/mol. The fraction of sp³-hybridized carbons (Fsp3) is 0.571. The van der Waals surface area contributed by atoms with E-state index in [0.717, 1.165) is 25.3 Å². The molecule has 1 aliphatic rings. The molecule has 0 heterocycles. The quantitative estimate of drug-likeness (QED) is 0.892. The number of hydrogen-bond acceptors (Lipinski definition) is 2. The molecule has 2 nitrogen and oxygen atoms in total. The standard InChI is InChI=1S/C14H19F2NO/c1-9(11-8-10(15)6-7-12(11)16)17-13-4-3-5-14(13)18-2/h6-9,13-14,17H,3-5H2,1-2H3. The lowest BCUT2D eigenvalue weighted by molar-refractivity contribution is 0.0818. The summed E-state index contributed by atoms with van der Waals surface area (Å²) in [5.74, 6) is -0.780. The highest BCUT2D eigenvalue weighted by atomic mass is 19.1. The van der Waals surface area contributed by atoms with Crippen LogP contribution in [0.5, 0.6) is 0 Å². The van der Waals surface area contributed by atoms with Gasteiger partial charge in [0.1, 0.15) is 11.6 Å². The van der Waals surface area contributed by atoms with E-state index in [1.807, 2.05) is 6.92 Å². The van der Waals surface area contributed by atoms with Crippen molar-refractivity contribution in [2.45, 2.75) is 44.4 Å². The smallest absolute Gasteiger partial charge is 0.128 e. The molecule has 1 aromatic carbocycles. The van der Waals surface area contributed by atoms with Gasteiger partial charge in [0.25, 0.3) is 0 Å². The van der Waals surface area contributed by atoms with Crippen LogP contribution in [0.15, 0.2) is 18.2 Å². The molecule has 0 radical (unpaired) electrons. The molecule has 1 N–H and O–H groups in total. The van der Waals surface area contributed by atoms with E-state index in [4.69, 9.17) is 4.74 Å². The Morgan fingerprint density at radius 1 is 1.33 bits per heavy atom. The Morgan fingerprint density at radius 2 is 2.11 bits per heavy atom. The molecule has 1 fully saturated rings. The number of nitrogens with one attached hydrogen (secondary N) is 1. The van der Waals surface area contributed by atoms with Gasteiger partial charge < -0.3 is 10.1 Å². The van der Waals surface area contributed by atoms with Crippen molar-refractivity contribution in [3.05, 3.63) is 35.4 Å². The highest BCUT2D eigenvalue weighted by Gasteiger charge is 2.28. The fourth-order valence-corrected chi connectivity index (χ4v) is 2.66. The molecule has 3 atom stereocenters. The summed E-state index contributed by atoms with van der Waals surface area (Å²) >= 11 is 0. The zero-order valence-corrected chi connectivity index (χ0v) is 10.7. The van der Waals surface area contributed by atoms with Gasteiger partial charge in [0.2, 0.25) is 0 Å². The van der Waals surface area contributed by atoms with E-state index in [-0.39, 0.29) is 24.0 Å². The summed E-state index contributed by atoms with van der Waals surface area (Å²) in [5, 5.41) is 3.33. The van der Waals surface area contributed by atoms with Gasteiger partial charge in [0, 0.05) is 24.8 Å². The largest absolute Gasteiger partial charge is 0.380 e. The lowest BCUT2D eigenvalue weighted by Crippen LogP contribution is -2.38. The molecule has 1 aliphatic carbocycles. The molecule has 1 saturated carbocycles. The second-order valence-electron chi connectivity index (χ2n) is 4.87. The average Bonchev–Trinajstić information content (AvgIpc) is 2.79. The van der Waals surface area contributed by atoms with E-state index < -0.39 is 5.82 Å². The first-order valence-corrected chi connectivity index (χ1v) is 6.35. The van der Waals surface area contributed by atoms with Crippen molar-refractivity contribution in [1.29, 1.82) is 0 Å². The monoisotopic (exact) mass is 255 g/mol. The van der Waals surface area contributed by atoms with Crippen molar-refractivity contribution in [1.82, 2.24) is 5.32 Å². The lowest BCUT2D eigenvalue weighted by Gasteiger charge is -2.24. The van der Waals surface area contributed by atoms with Gasteiger partial charge >= 0.3 is 0 Å². The number of halogens is 2. The van der Waals surface area contributed by atoms with Gasteiger partial charge in [-0.25, -0.2) is 8.78 Å². The Bertz CT molecular complexity index is 411. The zero-order valence-electron chi connectivity index (χ0n) is 10.7. The van der Waals surface area contributed by atoms with E-state index in [1.165, 1.54) is 12.1 Å². The van der Waals surface area contributed by atoms with Gasteiger partial charge in [-0.15, -0.1) is 0 Å². The minimum absolute atomic E-state index is 0.170. The fourth-order valence-electron chi connectivity index (χ4n) is 2.66. The molecular weight excluding hydrogens is 236 g/mol. The molecule has 0 amide bonds. The summed E-state index contributed by atoms with van der Waals surface area (Å²) in [4.78, 5) is 0. The van der Waals surface area contributed by atoms with E-state index in [9.17, 15) is 8.78 Å². The first-order chi connectivity index (χ1) is 8.61. The third-order valence-corrected chi connectivity index (χ3v) is 3.64. The summed E-state index contributed by atoms with van der Waals surface area (Å²) in [7, 11) is 1.69. The first-order valence-electron chi connectivity index (χ1n) is 6.35. The molecule has 3 unspecified atom stereocenters. The van der Waals surface area contributed by atoms with Gasteiger partial charge in [-0.05, 0) is 44.4 Å². The van der Waals surface area contributed by atoms with Crippen LogP contribution in [0.3, 0.4) is 0 Å². The maximum atomic E-state index is 13.6. The normalized spacial score (nSPS) is 25.3. The van der Waals surface area contributed by atoms with Crippen molar-refractivity contribution in [2.75, 3.05) is 7.11 Å². The molecule has 4 heteroatoms. The van der Waals surface area contributed by atoms with Crippen LogP contribution in [0.25, 0.3) is 0 Å². The van der Waals surface area contributed by atoms with Crippen LogP contribution in [0.2, 0.25) is 0 Å². The molecule has 2 rings (SSSR count). The van der Waals surface area contributed by atoms with Gasteiger partial charge in [-0.1, -0.05) is 0 Å². The van der Waals surface area contributed by atoms with Crippen molar-refractivity contribution < 1.29 is 13.5 Å². The number of rotatable bonds is 4. The summed E-state index contributed by atoms with van der Waals surface area (Å²) < 4.78 is 32.2. The van der Waals surface area contributed by atoms with Crippen LogP contribution in [0, 0.1) is 11.6 Å². The minimum Gasteiger partial charge on any atom is -0.380 e. The van der Waals surface area contributed by atoms with Crippen LogP contribution in [0.1, 0.15) is 37.8 Å². The third-order valence-electron chi connectivity index (χ3n) is 3.64. The molecule has 18 heavy (non-hydrogen) atoms. The highest BCUT2D eigenvalue weighted by molar-refractivity contribution is 5.22. The minimum atomic E-state index is -0.408. The maximum absolute atomic E-state index is 13.6. The van der Waals surface area contributed by atoms with Crippen LogP contribution < -0.4 is 5.32 Å². The Balaban J connectivity index is 2.07. The van der Waals surface area contributed by atoms with Crippen molar-refractivity contribution in [3.8, 4) is 0 Å². The molecule has 1 aromatic rings. The zero-order chi connectivity index (χ0) is 13.1. The molecule has 0 spiro atoms. The van der Waals surface area contributed by atoms with Crippen molar-refractivity contribution in [2.24, 2.45) is 0 Å². The second kappa shape index (κ2) is 5.76. The SMILES string of the molecule is COC1CCCC1NC(C)c1cc(F)ccc1F.